The summed E-state index contributed by atoms with van der Waals surface area (Å²) in [5, 5.41) is 3.30. The summed E-state index contributed by atoms with van der Waals surface area (Å²) in [4.78, 5) is 9.44. The van der Waals surface area contributed by atoms with Gasteiger partial charge in [0.25, 0.3) is 0 Å². The summed E-state index contributed by atoms with van der Waals surface area (Å²) < 4.78 is 0. The zero-order valence-corrected chi connectivity index (χ0v) is 11.5. The van der Waals surface area contributed by atoms with Crippen molar-refractivity contribution in [3.05, 3.63) is 11.1 Å². The van der Waals surface area contributed by atoms with Crippen LogP contribution in [0.25, 0.3) is 0 Å². The SMILES string of the molecule is Cc1csc(N2CCN(CC(C)CN)CC2)n1. The number of nitrogens with two attached hydrogens (primary N) is 1. The highest BCUT2D eigenvalue weighted by Gasteiger charge is 2.19. The highest BCUT2D eigenvalue weighted by atomic mass is 32.1. The van der Waals surface area contributed by atoms with Gasteiger partial charge >= 0.3 is 0 Å². The van der Waals surface area contributed by atoms with Crippen molar-refractivity contribution in [3.63, 3.8) is 0 Å². The number of hydrogen-bond acceptors (Lipinski definition) is 5. The Balaban J connectivity index is 1.82. The van der Waals surface area contributed by atoms with Gasteiger partial charge in [0.2, 0.25) is 0 Å². The van der Waals surface area contributed by atoms with Crippen LogP contribution in [0.15, 0.2) is 5.38 Å². The van der Waals surface area contributed by atoms with E-state index < -0.39 is 0 Å². The van der Waals surface area contributed by atoms with Crippen LogP contribution in [-0.4, -0.2) is 49.2 Å². The summed E-state index contributed by atoms with van der Waals surface area (Å²) in [5.74, 6) is 0.601. The second-order valence-electron chi connectivity index (χ2n) is 4.90. The van der Waals surface area contributed by atoms with Gasteiger partial charge in [-0.05, 0) is 19.4 Å². The van der Waals surface area contributed by atoms with Gasteiger partial charge in [0.15, 0.2) is 5.13 Å². The minimum Gasteiger partial charge on any atom is -0.346 e. The zero-order chi connectivity index (χ0) is 12.3. The van der Waals surface area contributed by atoms with Gasteiger partial charge in [-0.25, -0.2) is 4.98 Å². The Morgan fingerprint density at radius 2 is 2.12 bits per heavy atom. The molecule has 2 heterocycles. The van der Waals surface area contributed by atoms with E-state index in [-0.39, 0.29) is 0 Å². The lowest BCUT2D eigenvalue weighted by atomic mass is 10.1. The molecule has 0 aromatic carbocycles. The molecule has 4 nitrogen and oxygen atoms in total. The zero-order valence-electron chi connectivity index (χ0n) is 10.7. The Morgan fingerprint density at radius 3 is 2.65 bits per heavy atom. The summed E-state index contributed by atoms with van der Waals surface area (Å²) in [7, 11) is 0. The first kappa shape index (κ1) is 12.8. The largest absolute Gasteiger partial charge is 0.346 e. The van der Waals surface area contributed by atoms with E-state index >= 15 is 0 Å². The molecule has 0 bridgehead atoms. The van der Waals surface area contributed by atoms with Crippen molar-refractivity contribution >= 4 is 16.5 Å². The maximum absolute atomic E-state index is 5.66. The second kappa shape index (κ2) is 5.80. The van der Waals surface area contributed by atoms with Crippen molar-refractivity contribution in [1.82, 2.24) is 9.88 Å². The highest BCUT2D eigenvalue weighted by Crippen LogP contribution is 2.21. The van der Waals surface area contributed by atoms with E-state index in [1.54, 1.807) is 11.3 Å². The molecule has 0 radical (unpaired) electrons. The standard InChI is InChI=1S/C12H22N4S/c1-10(7-13)8-15-3-5-16(6-4-15)12-14-11(2)9-17-12/h9-10H,3-8,13H2,1-2H3. The molecule has 17 heavy (non-hydrogen) atoms. The average Bonchev–Trinajstić information content (AvgIpc) is 2.77. The van der Waals surface area contributed by atoms with Gasteiger partial charge in [-0.3, -0.25) is 4.90 Å². The number of nitrogens with zero attached hydrogens (tertiary/aromatic N) is 3. The molecule has 2 rings (SSSR count). The molecule has 0 amide bonds. The minimum atomic E-state index is 0.601. The molecule has 1 atom stereocenters. The molecule has 1 aromatic heterocycles. The summed E-state index contributed by atoms with van der Waals surface area (Å²) in [5.41, 5.74) is 6.79. The molecule has 0 spiro atoms. The molecule has 1 fully saturated rings. The quantitative estimate of drug-likeness (QED) is 0.876. The Bertz CT molecular complexity index is 344. The molecule has 2 N–H and O–H groups in total. The molecule has 1 unspecified atom stereocenters. The number of thiazole rings is 1. The van der Waals surface area contributed by atoms with Gasteiger partial charge in [-0.1, -0.05) is 6.92 Å². The van der Waals surface area contributed by atoms with Crippen LogP contribution in [0.3, 0.4) is 0 Å². The lowest BCUT2D eigenvalue weighted by Crippen LogP contribution is -2.48. The molecule has 0 saturated carbocycles. The Labute approximate surface area is 107 Å². The minimum absolute atomic E-state index is 0.601. The third kappa shape index (κ3) is 3.40. The van der Waals surface area contributed by atoms with Crippen LogP contribution < -0.4 is 10.6 Å². The van der Waals surface area contributed by atoms with E-state index in [2.05, 4.69) is 34.0 Å². The molecule has 0 aliphatic carbocycles. The van der Waals surface area contributed by atoms with E-state index in [4.69, 9.17) is 5.73 Å². The fraction of sp³-hybridized carbons (Fsp3) is 0.750. The number of aromatic nitrogens is 1. The maximum atomic E-state index is 5.66. The first-order valence-corrected chi connectivity index (χ1v) is 7.16. The highest BCUT2D eigenvalue weighted by molar-refractivity contribution is 7.13. The van der Waals surface area contributed by atoms with Gasteiger partial charge in [0.05, 0.1) is 5.69 Å². The molecule has 1 aliphatic rings. The van der Waals surface area contributed by atoms with Gasteiger partial charge in [0, 0.05) is 38.1 Å². The average molecular weight is 254 g/mol. The van der Waals surface area contributed by atoms with Gasteiger partial charge < -0.3 is 10.6 Å². The topological polar surface area (TPSA) is 45.4 Å². The van der Waals surface area contributed by atoms with Crippen molar-refractivity contribution < 1.29 is 0 Å². The Morgan fingerprint density at radius 1 is 1.41 bits per heavy atom. The summed E-state index contributed by atoms with van der Waals surface area (Å²) in [6.07, 6.45) is 0. The number of piperazine rings is 1. The van der Waals surface area contributed by atoms with Crippen molar-refractivity contribution in [2.24, 2.45) is 11.7 Å². The first-order valence-electron chi connectivity index (χ1n) is 6.28. The summed E-state index contributed by atoms with van der Waals surface area (Å²) in [6, 6.07) is 0. The van der Waals surface area contributed by atoms with Crippen LogP contribution in [-0.2, 0) is 0 Å². The third-order valence-corrected chi connectivity index (χ3v) is 4.24. The normalized spacial score (nSPS) is 19.6. The van der Waals surface area contributed by atoms with E-state index in [9.17, 15) is 0 Å². The molecular formula is C12H22N4S. The van der Waals surface area contributed by atoms with Crippen LogP contribution in [0, 0.1) is 12.8 Å². The predicted octanol–water partition coefficient (Wildman–Crippen LogP) is 1.17. The number of hydrogen-bond donors (Lipinski definition) is 1. The van der Waals surface area contributed by atoms with Crippen molar-refractivity contribution in [2.75, 3.05) is 44.2 Å². The summed E-state index contributed by atoms with van der Waals surface area (Å²) >= 11 is 1.75. The molecular weight excluding hydrogens is 232 g/mol. The Hall–Kier alpha value is -0.650. The van der Waals surface area contributed by atoms with Crippen LogP contribution in [0.1, 0.15) is 12.6 Å². The third-order valence-electron chi connectivity index (χ3n) is 3.22. The summed E-state index contributed by atoms with van der Waals surface area (Å²) in [6.45, 7) is 10.6. The lowest BCUT2D eigenvalue weighted by molar-refractivity contribution is 0.227. The van der Waals surface area contributed by atoms with Crippen molar-refractivity contribution in [2.45, 2.75) is 13.8 Å². The molecule has 5 heteroatoms. The lowest BCUT2D eigenvalue weighted by Gasteiger charge is -2.35. The van der Waals surface area contributed by atoms with Gasteiger partial charge in [0.1, 0.15) is 0 Å². The fourth-order valence-corrected chi connectivity index (χ4v) is 2.98. The van der Waals surface area contributed by atoms with Gasteiger partial charge in [-0.2, -0.15) is 0 Å². The van der Waals surface area contributed by atoms with E-state index in [0.717, 1.165) is 45.0 Å². The van der Waals surface area contributed by atoms with E-state index in [0.29, 0.717) is 5.92 Å². The van der Waals surface area contributed by atoms with Gasteiger partial charge in [-0.15, -0.1) is 11.3 Å². The first-order chi connectivity index (χ1) is 8.19. The van der Waals surface area contributed by atoms with Crippen LogP contribution >= 0.6 is 11.3 Å². The molecule has 1 aliphatic heterocycles. The van der Waals surface area contributed by atoms with Crippen molar-refractivity contribution in [1.29, 1.82) is 0 Å². The van der Waals surface area contributed by atoms with E-state index in [1.165, 1.54) is 5.13 Å². The number of aryl methyl sites for hydroxylation is 1. The molecule has 1 aromatic rings. The van der Waals surface area contributed by atoms with Crippen LogP contribution in [0.2, 0.25) is 0 Å². The number of anilines is 1. The number of rotatable bonds is 4. The Kier molecular flexibility index (Phi) is 4.36. The molecule has 1 saturated heterocycles. The second-order valence-corrected chi connectivity index (χ2v) is 5.74. The van der Waals surface area contributed by atoms with Crippen molar-refractivity contribution in [3.8, 4) is 0 Å². The predicted molar refractivity (Wildman–Crippen MR) is 73.7 cm³/mol. The monoisotopic (exact) mass is 254 g/mol. The van der Waals surface area contributed by atoms with Crippen LogP contribution in [0.4, 0.5) is 5.13 Å². The molecule has 96 valence electrons. The smallest absolute Gasteiger partial charge is 0.185 e. The van der Waals surface area contributed by atoms with E-state index in [1.807, 2.05) is 0 Å². The fourth-order valence-electron chi connectivity index (χ4n) is 2.12. The van der Waals surface area contributed by atoms with Crippen LogP contribution in [0.5, 0.6) is 0 Å². The maximum Gasteiger partial charge on any atom is 0.185 e.